The van der Waals surface area contributed by atoms with Crippen LogP contribution in [0.5, 0.6) is 5.75 Å². The normalized spacial score (nSPS) is 14.2. The summed E-state index contributed by atoms with van der Waals surface area (Å²) in [6.45, 7) is 4.44. The molecule has 1 fully saturated rings. The molecule has 8 nitrogen and oxygen atoms in total. The van der Waals surface area contributed by atoms with E-state index in [0.717, 1.165) is 17.1 Å². The maximum atomic E-state index is 12.5. The largest absolute Gasteiger partial charge is 0.477 e. The molecule has 1 saturated heterocycles. The lowest BCUT2D eigenvalue weighted by molar-refractivity contribution is -0.385. The number of nitro groups is 1. The molecule has 1 aromatic heterocycles. The number of aryl methyl sites for hydroxylation is 1. The summed E-state index contributed by atoms with van der Waals surface area (Å²) in [5.74, 6) is -0.0694. The fourth-order valence-electron chi connectivity index (χ4n) is 3.42. The average Bonchev–Trinajstić information content (AvgIpc) is 3.21. The number of ether oxygens (including phenoxy) is 1. The van der Waals surface area contributed by atoms with Crippen molar-refractivity contribution in [1.82, 2.24) is 9.88 Å². The zero-order valence-electron chi connectivity index (χ0n) is 16.6. The van der Waals surface area contributed by atoms with Crippen molar-refractivity contribution in [1.29, 1.82) is 0 Å². The van der Waals surface area contributed by atoms with Gasteiger partial charge in [0.25, 0.3) is 5.91 Å². The van der Waals surface area contributed by atoms with Gasteiger partial charge in [-0.15, -0.1) is 0 Å². The first-order valence-electron chi connectivity index (χ1n) is 9.83. The molecule has 0 radical (unpaired) electrons. The Balaban J connectivity index is 1.34. The highest BCUT2D eigenvalue weighted by Crippen LogP contribution is 2.30. The smallest absolute Gasteiger partial charge is 0.310 e. The number of anilines is 1. The molecule has 4 rings (SSSR count). The van der Waals surface area contributed by atoms with Crippen LogP contribution in [0.4, 0.5) is 10.8 Å². The average molecular weight is 426 g/mol. The molecule has 30 heavy (non-hydrogen) atoms. The number of nitro benzene ring substituents is 1. The number of amides is 1. The Labute approximate surface area is 177 Å². The topological polar surface area (TPSA) is 88.8 Å². The molecule has 2 heterocycles. The highest BCUT2D eigenvalue weighted by Gasteiger charge is 2.24. The van der Waals surface area contributed by atoms with Crippen molar-refractivity contribution in [3.05, 3.63) is 58.1 Å². The quantitative estimate of drug-likeness (QED) is 0.443. The summed E-state index contributed by atoms with van der Waals surface area (Å²) in [7, 11) is 0. The summed E-state index contributed by atoms with van der Waals surface area (Å²) in [6, 6.07) is 12.4. The van der Waals surface area contributed by atoms with Crippen LogP contribution >= 0.6 is 11.3 Å². The van der Waals surface area contributed by atoms with Gasteiger partial charge in [-0.25, -0.2) is 4.98 Å². The fraction of sp³-hybridized carbons (Fsp3) is 0.333. The van der Waals surface area contributed by atoms with E-state index in [1.165, 1.54) is 22.4 Å². The lowest BCUT2D eigenvalue weighted by Gasteiger charge is -2.34. The molecule has 0 atom stereocenters. The van der Waals surface area contributed by atoms with Crippen LogP contribution in [0.1, 0.15) is 12.5 Å². The highest BCUT2D eigenvalue weighted by molar-refractivity contribution is 7.22. The van der Waals surface area contributed by atoms with E-state index in [1.807, 2.05) is 0 Å². The predicted molar refractivity (Wildman–Crippen MR) is 116 cm³/mol. The minimum atomic E-state index is -0.514. The number of fused-ring (bicyclic) bond motifs is 1. The molecule has 0 bridgehead atoms. The van der Waals surface area contributed by atoms with E-state index in [1.54, 1.807) is 28.4 Å². The third-order valence-corrected chi connectivity index (χ3v) is 6.24. The summed E-state index contributed by atoms with van der Waals surface area (Å²) < 4.78 is 6.61. The van der Waals surface area contributed by atoms with Crippen molar-refractivity contribution < 1.29 is 14.5 Å². The van der Waals surface area contributed by atoms with E-state index >= 15 is 0 Å². The lowest BCUT2D eigenvalue weighted by atomic mass is 10.2. The van der Waals surface area contributed by atoms with E-state index in [2.05, 4.69) is 30.0 Å². The van der Waals surface area contributed by atoms with E-state index in [-0.39, 0.29) is 24.0 Å². The first kappa shape index (κ1) is 20.1. The minimum absolute atomic E-state index is 0.107. The maximum absolute atomic E-state index is 12.5. The van der Waals surface area contributed by atoms with Gasteiger partial charge in [-0.2, -0.15) is 0 Å². The Hall–Kier alpha value is -3.20. The summed E-state index contributed by atoms with van der Waals surface area (Å²) in [5, 5.41) is 12.0. The third-order valence-electron chi connectivity index (χ3n) is 5.17. The van der Waals surface area contributed by atoms with Crippen molar-refractivity contribution in [3.8, 4) is 5.75 Å². The molecule has 2 aromatic carbocycles. The van der Waals surface area contributed by atoms with Gasteiger partial charge >= 0.3 is 5.69 Å². The van der Waals surface area contributed by atoms with Crippen LogP contribution in [0.3, 0.4) is 0 Å². The Morgan fingerprint density at radius 3 is 2.70 bits per heavy atom. The molecule has 3 aromatic rings. The number of carbonyl (C=O) groups is 1. The third kappa shape index (κ3) is 4.20. The molecular formula is C21H22N4O4S. The molecule has 0 aliphatic carbocycles. The molecule has 156 valence electrons. The second-order valence-electron chi connectivity index (χ2n) is 7.03. The molecule has 0 N–H and O–H groups in total. The van der Waals surface area contributed by atoms with Gasteiger partial charge in [0.2, 0.25) is 0 Å². The van der Waals surface area contributed by atoms with Crippen molar-refractivity contribution in [2.24, 2.45) is 0 Å². The number of benzene rings is 2. The van der Waals surface area contributed by atoms with Crippen molar-refractivity contribution in [2.45, 2.75) is 13.3 Å². The number of hydrogen-bond donors (Lipinski definition) is 0. The van der Waals surface area contributed by atoms with Crippen LogP contribution < -0.4 is 9.64 Å². The van der Waals surface area contributed by atoms with Gasteiger partial charge in [0.05, 0.1) is 15.1 Å². The lowest BCUT2D eigenvalue weighted by Crippen LogP contribution is -2.50. The fourth-order valence-corrected chi connectivity index (χ4v) is 4.50. The Kier molecular flexibility index (Phi) is 5.80. The predicted octanol–water partition coefficient (Wildman–Crippen LogP) is 3.49. The minimum Gasteiger partial charge on any atom is -0.477 e. The van der Waals surface area contributed by atoms with Gasteiger partial charge in [0.1, 0.15) is 0 Å². The Morgan fingerprint density at radius 1 is 1.20 bits per heavy atom. The van der Waals surface area contributed by atoms with E-state index in [4.69, 9.17) is 9.72 Å². The number of para-hydroxylation sites is 2. The Morgan fingerprint density at radius 2 is 1.97 bits per heavy atom. The van der Waals surface area contributed by atoms with E-state index in [9.17, 15) is 14.9 Å². The molecule has 0 spiro atoms. The number of nitrogens with zero attached hydrogens (tertiary/aromatic N) is 4. The molecule has 1 aliphatic heterocycles. The van der Waals surface area contributed by atoms with Crippen LogP contribution in [-0.4, -0.2) is 53.5 Å². The van der Waals surface area contributed by atoms with Gasteiger partial charge in [0, 0.05) is 32.2 Å². The highest BCUT2D eigenvalue weighted by atomic mass is 32.1. The van der Waals surface area contributed by atoms with Crippen molar-refractivity contribution in [3.63, 3.8) is 0 Å². The van der Waals surface area contributed by atoms with E-state index in [0.29, 0.717) is 26.2 Å². The Bertz CT molecular complexity index is 1080. The van der Waals surface area contributed by atoms with Crippen LogP contribution in [0.15, 0.2) is 42.5 Å². The second-order valence-corrected chi connectivity index (χ2v) is 8.04. The first-order valence-corrected chi connectivity index (χ1v) is 10.6. The summed E-state index contributed by atoms with van der Waals surface area (Å²) in [4.78, 5) is 31.7. The number of thiazole rings is 1. The molecule has 0 unspecified atom stereocenters. The molecule has 9 heteroatoms. The standard InChI is InChI=1S/C21H22N4O4S/c1-2-15-7-8-16-19(13-15)30-21(22-16)24-11-9-23(10-12-24)20(26)14-29-18-6-4-3-5-17(18)25(27)28/h3-8,13H,2,9-12,14H2,1H3. The summed E-state index contributed by atoms with van der Waals surface area (Å²) >= 11 is 1.68. The van der Waals surface area contributed by atoms with Gasteiger partial charge < -0.3 is 14.5 Å². The second kappa shape index (κ2) is 8.66. The van der Waals surface area contributed by atoms with Crippen LogP contribution in [0, 0.1) is 10.1 Å². The number of hydrogen-bond acceptors (Lipinski definition) is 7. The monoisotopic (exact) mass is 426 g/mol. The van der Waals surface area contributed by atoms with Gasteiger partial charge in [0.15, 0.2) is 17.5 Å². The molecule has 1 amide bonds. The summed E-state index contributed by atoms with van der Waals surface area (Å²) in [5.41, 5.74) is 2.16. The molecule has 1 aliphatic rings. The van der Waals surface area contributed by atoms with Crippen molar-refractivity contribution in [2.75, 3.05) is 37.7 Å². The number of piperazine rings is 1. The van der Waals surface area contributed by atoms with Gasteiger partial charge in [-0.1, -0.05) is 36.5 Å². The van der Waals surface area contributed by atoms with E-state index < -0.39 is 4.92 Å². The SMILES string of the molecule is CCc1ccc2nc(N3CCN(C(=O)COc4ccccc4[N+](=O)[O-])CC3)sc2c1. The van der Waals surface area contributed by atoms with Crippen LogP contribution in [0.25, 0.3) is 10.2 Å². The number of rotatable bonds is 6. The first-order chi connectivity index (χ1) is 14.5. The zero-order valence-corrected chi connectivity index (χ0v) is 17.4. The van der Waals surface area contributed by atoms with Gasteiger partial charge in [-0.05, 0) is 30.2 Å². The van der Waals surface area contributed by atoms with Crippen LogP contribution in [0.2, 0.25) is 0 Å². The van der Waals surface area contributed by atoms with Crippen LogP contribution in [-0.2, 0) is 11.2 Å². The number of aromatic nitrogens is 1. The summed E-state index contributed by atoms with van der Waals surface area (Å²) in [6.07, 6.45) is 0.998. The zero-order chi connectivity index (χ0) is 21.1. The molecule has 0 saturated carbocycles. The molecular weight excluding hydrogens is 404 g/mol. The number of carbonyl (C=O) groups excluding carboxylic acids is 1. The van der Waals surface area contributed by atoms with Crippen molar-refractivity contribution >= 4 is 38.3 Å². The van der Waals surface area contributed by atoms with Gasteiger partial charge in [-0.3, -0.25) is 14.9 Å². The maximum Gasteiger partial charge on any atom is 0.310 e.